The van der Waals surface area contributed by atoms with Gasteiger partial charge >= 0.3 is 0 Å². The van der Waals surface area contributed by atoms with Gasteiger partial charge in [0.05, 0.1) is 5.69 Å². The molecule has 0 bridgehead atoms. The van der Waals surface area contributed by atoms with Crippen molar-refractivity contribution < 1.29 is 18.4 Å². The van der Waals surface area contributed by atoms with E-state index in [2.05, 4.69) is 5.32 Å². The lowest BCUT2D eigenvalue weighted by molar-refractivity contribution is -0.125. The van der Waals surface area contributed by atoms with Crippen molar-refractivity contribution in [1.29, 1.82) is 0 Å². The lowest BCUT2D eigenvalue weighted by Gasteiger charge is -2.29. The fourth-order valence-corrected chi connectivity index (χ4v) is 2.26. The second kappa shape index (κ2) is 4.23. The van der Waals surface area contributed by atoms with Crippen LogP contribution >= 0.6 is 0 Å². The number of alkyl halides is 1. The molecule has 1 N–H and O–H groups in total. The lowest BCUT2D eigenvalue weighted by Crippen LogP contribution is -2.47. The van der Waals surface area contributed by atoms with E-state index in [-0.39, 0.29) is 16.8 Å². The molecule has 0 saturated heterocycles. The predicted octanol–water partition coefficient (Wildman–Crippen LogP) is 2.83. The molecule has 1 amide bonds. The number of anilines is 1. The minimum atomic E-state index is -2.83. The van der Waals surface area contributed by atoms with Crippen LogP contribution in [0.3, 0.4) is 0 Å². The number of carbonyl (C=O) groups excluding carboxylic acids is 2. The monoisotopic (exact) mass is 273 g/mol. The second-order valence-corrected chi connectivity index (χ2v) is 4.47. The molecule has 2 aromatic rings. The maximum atomic E-state index is 15.0. The minimum Gasteiger partial charge on any atom is -0.319 e. The molecule has 0 radical (unpaired) electrons. The third-order valence-electron chi connectivity index (χ3n) is 3.29. The number of benzene rings is 2. The number of ketones is 1. The summed E-state index contributed by atoms with van der Waals surface area (Å²) in [5.41, 5.74) is -3.35. The molecule has 3 rings (SSSR count). The first-order valence-corrected chi connectivity index (χ1v) is 5.94. The molecule has 1 atom stereocenters. The largest absolute Gasteiger partial charge is 0.319 e. The van der Waals surface area contributed by atoms with Crippen LogP contribution in [-0.4, -0.2) is 11.7 Å². The third kappa shape index (κ3) is 1.56. The van der Waals surface area contributed by atoms with E-state index in [1.807, 2.05) is 0 Å². The van der Waals surface area contributed by atoms with E-state index >= 15 is 4.39 Å². The Labute approximate surface area is 113 Å². The Morgan fingerprint density at radius 3 is 2.35 bits per heavy atom. The van der Waals surface area contributed by atoms with Crippen LogP contribution in [0, 0.1) is 5.82 Å². The molecule has 1 aliphatic rings. The van der Waals surface area contributed by atoms with Gasteiger partial charge in [0, 0.05) is 11.1 Å². The summed E-state index contributed by atoms with van der Waals surface area (Å²) in [4.78, 5) is 24.3. The molecular weight excluding hydrogens is 264 g/mol. The SMILES string of the molecule is O=C1Nc2c(F)cccc2C(=O)C1(F)c1ccccc1. The Bertz CT molecular complexity index is 715. The van der Waals surface area contributed by atoms with Crippen molar-refractivity contribution in [3.63, 3.8) is 0 Å². The lowest BCUT2D eigenvalue weighted by atomic mass is 9.83. The third-order valence-corrected chi connectivity index (χ3v) is 3.29. The zero-order valence-electron chi connectivity index (χ0n) is 10.2. The molecule has 0 aliphatic carbocycles. The van der Waals surface area contributed by atoms with Crippen LogP contribution in [0.1, 0.15) is 15.9 Å². The van der Waals surface area contributed by atoms with Gasteiger partial charge in [0.25, 0.3) is 11.6 Å². The topological polar surface area (TPSA) is 46.2 Å². The molecule has 0 spiro atoms. The van der Waals surface area contributed by atoms with Crippen LogP contribution in [0.25, 0.3) is 0 Å². The van der Waals surface area contributed by atoms with E-state index in [9.17, 15) is 14.0 Å². The van der Waals surface area contributed by atoms with Gasteiger partial charge in [-0.25, -0.2) is 8.78 Å². The van der Waals surface area contributed by atoms with Gasteiger partial charge in [0.2, 0.25) is 5.78 Å². The number of amides is 1. The number of nitrogens with one attached hydrogen (secondary N) is 1. The van der Waals surface area contributed by atoms with E-state index in [1.165, 1.54) is 36.4 Å². The van der Waals surface area contributed by atoms with Crippen molar-refractivity contribution in [1.82, 2.24) is 0 Å². The quantitative estimate of drug-likeness (QED) is 0.812. The van der Waals surface area contributed by atoms with Gasteiger partial charge in [-0.05, 0) is 12.1 Å². The molecule has 20 heavy (non-hydrogen) atoms. The average Bonchev–Trinajstić information content (AvgIpc) is 2.47. The number of rotatable bonds is 1. The molecule has 0 aromatic heterocycles. The van der Waals surface area contributed by atoms with Crippen molar-refractivity contribution in [2.45, 2.75) is 5.67 Å². The number of halogens is 2. The molecular formula is C15H9F2NO2. The summed E-state index contributed by atoms with van der Waals surface area (Å²) < 4.78 is 28.6. The van der Waals surface area contributed by atoms with Gasteiger partial charge in [-0.3, -0.25) is 9.59 Å². The first kappa shape index (κ1) is 12.5. The Kier molecular flexibility index (Phi) is 2.64. The van der Waals surface area contributed by atoms with Crippen molar-refractivity contribution in [3.05, 3.63) is 65.5 Å². The summed E-state index contributed by atoms with van der Waals surface area (Å²) in [7, 11) is 0. The summed E-state index contributed by atoms with van der Waals surface area (Å²) >= 11 is 0. The van der Waals surface area contributed by atoms with E-state index < -0.39 is 23.2 Å². The minimum absolute atomic E-state index is 0.0718. The van der Waals surface area contributed by atoms with Crippen molar-refractivity contribution in [2.24, 2.45) is 0 Å². The molecule has 100 valence electrons. The van der Waals surface area contributed by atoms with Crippen LogP contribution < -0.4 is 5.32 Å². The van der Waals surface area contributed by atoms with Crippen LogP contribution in [0.15, 0.2) is 48.5 Å². The molecule has 0 saturated carbocycles. The summed E-state index contributed by atoms with van der Waals surface area (Å²) in [5, 5.41) is 2.14. The Hall–Kier alpha value is -2.56. The van der Waals surface area contributed by atoms with Gasteiger partial charge in [-0.1, -0.05) is 36.4 Å². The van der Waals surface area contributed by atoms with E-state index in [0.29, 0.717) is 0 Å². The molecule has 1 aliphatic heterocycles. The van der Waals surface area contributed by atoms with E-state index in [1.54, 1.807) is 6.07 Å². The number of para-hydroxylation sites is 1. The molecule has 1 unspecified atom stereocenters. The van der Waals surface area contributed by atoms with Crippen molar-refractivity contribution in [2.75, 3.05) is 5.32 Å². The average molecular weight is 273 g/mol. The first-order valence-electron chi connectivity index (χ1n) is 5.94. The van der Waals surface area contributed by atoms with Gasteiger partial charge in [0.15, 0.2) is 0 Å². The second-order valence-electron chi connectivity index (χ2n) is 4.47. The van der Waals surface area contributed by atoms with Gasteiger partial charge in [-0.2, -0.15) is 0 Å². The van der Waals surface area contributed by atoms with Crippen LogP contribution in [0.2, 0.25) is 0 Å². The normalized spacial score (nSPS) is 21.3. The first-order chi connectivity index (χ1) is 9.55. The van der Waals surface area contributed by atoms with Crippen LogP contribution in [0.4, 0.5) is 14.5 Å². The molecule has 1 heterocycles. The van der Waals surface area contributed by atoms with E-state index in [4.69, 9.17) is 0 Å². The smallest absolute Gasteiger partial charge is 0.275 e. The van der Waals surface area contributed by atoms with Crippen LogP contribution in [-0.2, 0) is 10.5 Å². The Morgan fingerprint density at radius 2 is 1.65 bits per heavy atom. The van der Waals surface area contributed by atoms with Crippen molar-refractivity contribution in [3.8, 4) is 0 Å². The number of hydrogen-bond acceptors (Lipinski definition) is 2. The molecule has 5 heteroatoms. The Balaban J connectivity index is 2.21. The summed E-state index contributed by atoms with van der Waals surface area (Å²) in [5.74, 6) is -2.99. The van der Waals surface area contributed by atoms with E-state index in [0.717, 1.165) is 6.07 Å². The van der Waals surface area contributed by atoms with Gasteiger partial charge < -0.3 is 5.32 Å². The maximum Gasteiger partial charge on any atom is 0.275 e. The fourth-order valence-electron chi connectivity index (χ4n) is 2.26. The number of carbonyl (C=O) groups is 2. The standard InChI is InChI=1S/C15H9F2NO2/c16-11-8-4-7-10-12(11)18-14(20)15(17,13(10)19)9-5-2-1-3-6-9/h1-8H,(H,18,20). The fraction of sp³-hybridized carbons (Fsp3) is 0.0667. The summed E-state index contributed by atoms with van der Waals surface area (Å²) in [6.45, 7) is 0. The predicted molar refractivity (Wildman–Crippen MR) is 68.6 cm³/mol. The van der Waals surface area contributed by atoms with Gasteiger partial charge in [0.1, 0.15) is 5.82 Å². The highest BCUT2D eigenvalue weighted by atomic mass is 19.1. The molecule has 0 fully saturated rings. The number of fused-ring (bicyclic) bond motifs is 1. The highest BCUT2D eigenvalue weighted by Crippen LogP contribution is 2.38. The highest BCUT2D eigenvalue weighted by molar-refractivity contribution is 6.26. The molecule has 2 aromatic carbocycles. The number of Topliss-reactive ketones (excluding diaryl/α,β-unsaturated/α-hetero) is 1. The maximum absolute atomic E-state index is 15.0. The summed E-state index contributed by atoms with van der Waals surface area (Å²) in [6, 6.07) is 11.1. The summed E-state index contributed by atoms with van der Waals surface area (Å²) in [6.07, 6.45) is 0. The van der Waals surface area contributed by atoms with Crippen molar-refractivity contribution >= 4 is 17.4 Å². The number of hydrogen-bond donors (Lipinski definition) is 1. The zero-order chi connectivity index (χ0) is 14.3. The van der Waals surface area contributed by atoms with Crippen LogP contribution in [0.5, 0.6) is 0 Å². The highest BCUT2D eigenvalue weighted by Gasteiger charge is 2.52. The Morgan fingerprint density at radius 1 is 0.950 bits per heavy atom. The van der Waals surface area contributed by atoms with Gasteiger partial charge in [-0.15, -0.1) is 0 Å². The molecule has 3 nitrogen and oxygen atoms in total. The zero-order valence-corrected chi connectivity index (χ0v) is 10.2.